The number of fused-ring (bicyclic) bond motifs is 3. The van der Waals surface area contributed by atoms with Crippen molar-refractivity contribution in [3.8, 4) is 5.75 Å². The Bertz CT molecular complexity index is 513. The Morgan fingerprint density at radius 1 is 1.40 bits per heavy atom. The molecule has 1 saturated carbocycles. The molecule has 1 heterocycles. The number of rotatable bonds is 4. The number of aliphatic hydroxyl groups excluding tert-OH is 1. The zero-order valence-electron chi connectivity index (χ0n) is 10.6. The topological polar surface area (TPSA) is 47.9 Å². The van der Waals surface area contributed by atoms with Crippen LogP contribution in [0.4, 0.5) is 0 Å². The molecule has 0 unspecified atom stereocenters. The molecular formula is C13H13BrO4Si2. The van der Waals surface area contributed by atoms with Gasteiger partial charge in [-0.05, 0) is 12.1 Å². The van der Waals surface area contributed by atoms with E-state index >= 15 is 0 Å². The van der Waals surface area contributed by atoms with Crippen LogP contribution in [0.2, 0.25) is 0 Å². The largest absolute Gasteiger partial charge is 0.489 e. The lowest BCUT2D eigenvalue weighted by molar-refractivity contribution is 0.124. The Labute approximate surface area is 133 Å². The van der Waals surface area contributed by atoms with Crippen LogP contribution in [0.5, 0.6) is 5.75 Å². The van der Waals surface area contributed by atoms with Gasteiger partial charge in [0.1, 0.15) is 11.9 Å². The lowest BCUT2D eigenvalue weighted by Gasteiger charge is -2.22. The number of hydrogen-bond acceptors (Lipinski definition) is 4. The molecule has 0 bridgehead atoms. The zero-order valence-corrected chi connectivity index (χ0v) is 14.2. The minimum absolute atomic E-state index is 0.0293. The van der Waals surface area contributed by atoms with Crippen LogP contribution in [0.15, 0.2) is 16.6 Å². The summed E-state index contributed by atoms with van der Waals surface area (Å²) in [6, 6.07) is 3.96. The molecule has 0 aromatic heterocycles. The van der Waals surface area contributed by atoms with Gasteiger partial charge in [0.05, 0.1) is 12.7 Å². The van der Waals surface area contributed by atoms with Gasteiger partial charge >= 0.3 is 0 Å². The lowest BCUT2D eigenvalue weighted by Crippen LogP contribution is -2.25. The van der Waals surface area contributed by atoms with E-state index < -0.39 is 0 Å². The molecule has 0 spiro atoms. The first-order chi connectivity index (χ1) is 9.69. The van der Waals surface area contributed by atoms with Crippen LogP contribution in [0.25, 0.3) is 0 Å². The van der Waals surface area contributed by atoms with Crippen molar-refractivity contribution in [1.29, 1.82) is 0 Å². The van der Waals surface area contributed by atoms with Gasteiger partial charge in [0.15, 0.2) is 0 Å². The number of benzene rings is 1. The summed E-state index contributed by atoms with van der Waals surface area (Å²) in [5.74, 6) is 1.22. The summed E-state index contributed by atoms with van der Waals surface area (Å²) >= 11 is 3.50. The van der Waals surface area contributed by atoms with Crippen LogP contribution >= 0.6 is 15.9 Å². The third-order valence-electron chi connectivity index (χ3n) is 4.19. The summed E-state index contributed by atoms with van der Waals surface area (Å²) in [5, 5.41) is 9.49. The number of halogens is 1. The van der Waals surface area contributed by atoms with E-state index in [-0.39, 0.29) is 30.7 Å². The zero-order chi connectivity index (χ0) is 14.3. The first kappa shape index (κ1) is 14.7. The van der Waals surface area contributed by atoms with Crippen molar-refractivity contribution in [2.45, 2.75) is 31.2 Å². The number of ether oxygens (including phenoxy) is 1. The molecule has 6 radical (unpaired) electrons. The average molecular weight is 369 g/mol. The monoisotopic (exact) mass is 368 g/mol. The van der Waals surface area contributed by atoms with Gasteiger partial charge in [-0.1, -0.05) is 15.9 Å². The fraction of sp³-hybridized carbons (Fsp3) is 0.538. The van der Waals surface area contributed by atoms with Gasteiger partial charge < -0.3 is 18.7 Å². The minimum atomic E-state index is -0.0293. The molecule has 1 aromatic rings. The van der Waals surface area contributed by atoms with Crippen molar-refractivity contribution in [3.63, 3.8) is 0 Å². The van der Waals surface area contributed by atoms with Crippen molar-refractivity contribution >= 4 is 36.9 Å². The molecule has 1 aliphatic heterocycles. The van der Waals surface area contributed by atoms with Gasteiger partial charge in [-0.25, -0.2) is 0 Å². The molecule has 4 nitrogen and oxygen atoms in total. The van der Waals surface area contributed by atoms with Crippen molar-refractivity contribution in [1.82, 2.24) is 0 Å². The smallest absolute Gasteiger partial charge is 0.246 e. The average Bonchev–Trinajstić information content (AvgIpc) is 2.95. The van der Waals surface area contributed by atoms with E-state index in [2.05, 4.69) is 43.0 Å². The SMILES string of the molecule is OCc1cc(Br)cc2c1O[C@H]1C[C@@H](O[Si])[C@H](CO[Si])[C@@H]21. The van der Waals surface area contributed by atoms with E-state index in [1.165, 1.54) is 0 Å². The predicted octanol–water partition coefficient (Wildman–Crippen LogP) is 1.37. The first-order valence-electron chi connectivity index (χ1n) is 6.40. The van der Waals surface area contributed by atoms with Crippen molar-refractivity contribution in [2.75, 3.05) is 6.61 Å². The molecule has 3 rings (SSSR count). The highest BCUT2D eigenvalue weighted by Crippen LogP contribution is 2.52. The standard InChI is InChI=1S/C13H13BrO4Si2/c14-7-1-6(4-15)13-8(2-7)12-9(5-16-19)10(18-20)3-11(12)17-13/h1-2,9-12,15H,3-5H2/t9-,10+,11-,12+/m0/s1. The molecular weight excluding hydrogens is 356 g/mol. The van der Waals surface area contributed by atoms with Gasteiger partial charge in [-0.15, -0.1) is 0 Å². The summed E-state index contributed by atoms with van der Waals surface area (Å²) < 4.78 is 17.5. The van der Waals surface area contributed by atoms with E-state index in [1.807, 2.05) is 6.07 Å². The molecule has 20 heavy (non-hydrogen) atoms. The maximum Gasteiger partial charge on any atom is 0.246 e. The van der Waals surface area contributed by atoms with Gasteiger partial charge in [-0.2, -0.15) is 0 Å². The highest BCUT2D eigenvalue weighted by Gasteiger charge is 2.50. The molecule has 0 saturated heterocycles. The molecule has 7 heteroatoms. The van der Waals surface area contributed by atoms with Crippen molar-refractivity contribution < 1.29 is 18.7 Å². The summed E-state index contributed by atoms with van der Waals surface area (Å²) in [5.41, 5.74) is 1.94. The highest BCUT2D eigenvalue weighted by atomic mass is 79.9. The van der Waals surface area contributed by atoms with E-state index in [0.29, 0.717) is 6.61 Å². The van der Waals surface area contributed by atoms with E-state index in [1.54, 1.807) is 0 Å². The maximum absolute atomic E-state index is 9.49. The second-order valence-corrected chi connectivity index (χ2v) is 6.63. The quantitative estimate of drug-likeness (QED) is 0.815. The van der Waals surface area contributed by atoms with Crippen LogP contribution in [-0.2, 0) is 15.5 Å². The first-order valence-corrected chi connectivity index (χ1v) is 8.01. The fourth-order valence-corrected chi connectivity index (χ4v) is 4.37. The van der Waals surface area contributed by atoms with Gasteiger partial charge in [0.2, 0.25) is 21.0 Å². The number of aliphatic hydroxyl groups is 1. The molecule has 104 valence electrons. The Kier molecular flexibility index (Phi) is 4.35. The fourth-order valence-electron chi connectivity index (χ4n) is 3.39. The maximum atomic E-state index is 9.49. The second-order valence-electron chi connectivity index (χ2n) is 5.19. The van der Waals surface area contributed by atoms with Gasteiger partial charge in [0, 0.05) is 40.5 Å². The van der Waals surface area contributed by atoms with Gasteiger partial charge in [-0.3, -0.25) is 0 Å². The lowest BCUT2D eigenvalue weighted by atomic mass is 9.88. The Morgan fingerprint density at radius 2 is 2.20 bits per heavy atom. The van der Waals surface area contributed by atoms with E-state index in [9.17, 15) is 5.11 Å². The molecule has 1 fully saturated rings. The summed E-state index contributed by atoms with van der Waals surface area (Å²) in [6.07, 6.45) is 0.909. The minimum Gasteiger partial charge on any atom is -0.489 e. The molecule has 4 atom stereocenters. The van der Waals surface area contributed by atoms with Crippen LogP contribution in [0.1, 0.15) is 23.5 Å². The predicted molar refractivity (Wildman–Crippen MR) is 77.7 cm³/mol. The van der Waals surface area contributed by atoms with E-state index in [4.69, 9.17) is 13.6 Å². The van der Waals surface area contributed by atoms with Crippen molar-refractivity contribution in [2.24, 2.45) is 5.92 Å². The molecule has 2 aliphatic rings. The van der Waals surface area contributed by atoms with Gasteiger partial charge in [0.25, 0.3) is 0 Å². The third kappa shape index (κ3) is 2.30. The van der Waals surface area contributed by atoms with Crippen LogP contribution < -0.4 is 4.74 Å². The third-order valence-corrected chi connectivity index (χ3v) is 5.12. The Balaban J connectivity index is 2.01. The van der Waals surface area contributed by atoms with Crippen LogP contribution in [0, 0.1) is 5.92 Å². The highest BCUT2D eigenvalue weighted by molar-refractivity contribution is 9.10. The van der Waals surface area contributed by atoms with Crippen LogP contribution in [-0.4, -0.2) is 44.9 Å². The summed E-state index contributed by atoms with van der Waals surface area (Å²) in [4.78, 5) is 0. The normalized spacial score (nSPS) is 31.0. The molecule has 0 amide bonds. The molecule has 1 aliphatic carbocycles. The van der Waals surface area contributed by atoms with Crippen LogP contribution in [0.3, 0.4) is 0 Å². The second kappa shape index (κ2) is 5.90. The van der Waals surface area contributed by atoms with E-state index in [0.717, 1.165) is 27.8 Å². The Hall–Kier alpha value is -0.186. The summed E-state index contributed by atoms with van der Waals surface area (Å²) in [7, 11) is 6.24. The summed E-state index contributed by atoms with van der Waals surface area (Å²) in [6.45, 7) is 0.509. The number of hydrogen-bond donors (Lipinski definition) is 1. The Morgan fingerprint density at radius 3 is 2.85 bits per heavy atom. The van der Waals surface area contributed by atoms with Crippen molar-refractivity contribution in [3.05, 3.63) is 27.7 Å². The molecule has 1 N–H and O–H groups in total. The molecule has 1 aromatic carbocycles.